The number of ether oxygens (including phenoxy) is 1. The van der Waals surface area contributed by atoms with Gasteiger partial charge in [-0.2, -0.15) is 10.1 Å². The molecule has 2 aromatic carbocycles. The highest BCUT2D eigenvalue weighted by Gasteiger charge is 2.11. The van der Waals surface area contributed by atoms with E-state index in [1.54, 1.807) is 13.2 Å². The maximum absolute atomic E-state index is 12.2. The SMILES string of the molecule is COc1ccc(-c2noc(Cn3nc(-c4ccc(C)cc4)ccc3=O)n2)cc1. The minimum atomic E-state index is -0.236. The summed E-state index contributed by atoms with van der Waals surface area (Å²) in [7, 11) is 1.61. The van der Waals surface area contributed by atoms with Crippen molar-refractivity contribution in [1.29, 1.82) is 0 Å². The molecule has 0 saturated heterocycles. The van der Waals surface area contributed by atoms with Crippen molar-refractivity contribution in [2.24, 2.45) is 0 Å². The minimum Gasteiger partial charge on any atom is -0.497 e. The number of methoxy groups -OCH3 is 1. The third-order valence-electron chi connectivity index (χ3n) is 4.32. The van der Waals surface area contributed by atoms with Gasteiger partial charge in [0, 0.05) is 17.2 Å². The standard InChI is InChI=1S/C21H18N4O3/c1-14-3-5-15(6-4-14)18-11-12-20(26)25(23-18)13-19-22-21(24-28-19)16-7-9-17(27-2)10-8-16/h3-12H,13H2,1-2H3. The molecule has 0 aliphatic rings. The van der Waals surface area contributed by atoms with Crippen LogP contribution in [0.4, 0.5) is 0 Å². The Balaban J connectivity index is 1.59. The first-order chi connectivity index (χ1) is 13.6. The summed E-state index contributed by atoms with van der Waals surface area (Å²) in [5, 5.41) is 8.42. The van der Waals surface area contributed by atoms with E-state index < -0.39 is 0 Å². The summed E-state index contributed by atoms with van der Waals surface area (Å²) < 4.78 is 11.8. The number of aromatic nitrogens is 4. The molecule has 4 rings (SSSR count). The topological polar surface area (TPSA) is 83.0 Å². The van der Waals surface area contributed by atoms with E-state index >= 15 is 0 Å². The van der Waals surface area contributed by atoms with Crippen LogP contribution in [0.15, 0.2) is 70.0 Å². The summed E-state index contributed by atoms with van der Waals surface area (Å²) in [5.74, 6) is 1.50. The number of aryl methyl sites for hydroxylation is 1. The van der Waals surface area contributed by atoms with E-state index in [1.807, 2.05) is 55.5 Å². The smallest absolute Gasteiger partial charge is 0.267 e. The molecule has 0 spiro atoms. The van der Waals surface area contributed by atoms with Gasteiger partial charge in [-0.15, -0.1) is 0 Å². The molecular weight excluding hydrogens is 356 g/mol. The molecule has 7 heteroatoms. The van der Waals surface area contributed by atoms with Crippen LogP contribution in [-0.2, 0) is 6.54 Å². The molecule has 0 radical (unpaired) electrons. The van der Waals surface area contributed by atoms with Gasteiger partial charge in [-0.25, -0.2) is 4.68 Å². The number of rotatable bonds is 5. The van der Waals surface area contributed by atoms with E-state index in [2.05, 4.69) is 15.2 Å². The average molecular weight is 374 g/mol. The second-order valence-electron chi connectivity index (χ2n) is 6.32. The minimum absolute atomic E-state index is 0.0989. The van der Waals surface area contributed by atoms with Crippen molar-refractivity contribution in [3.05, 3.63) is 82.5 Å². The summed E-state index contributed by atoms with van der Waals surface area (Å²) in [4.78, 5) is 16.6. The maximum Gasteiger partial charge on any atom is 0.267 e. The van der Waals surface area contributed by atoms with Crippen LogP contribution in [0.1, 0.15) is 11.5 Å². The van der Waals surface area contributed by atoms with Crippen LogP contribution in [-0.4, -0.2) is 27.0 Å². The zero-order valence-corrected chi connectivity index (χ0v) is 15.5. The summed E-state index contributed by atoms with van der Waals surface area (Å²) >= 11 is 0. The summed E-state index contributed by atoms with van der Waals surface area (Å²) in [6, 6.07) is 18.5. The summed E-state index contributed by atoms with van der Waals surface area (Å²) in [6.07, 6.45) is 0. The Bertz CT molecular complexity index is 1150. The second-order valence-corrected chi connectivity index (χ2v) is 6.32. The van der Waals surface area contributed by atoms with Gasteiger partial charge in [0.2, 0.25) is 11.7 Å². The molecule has 0 bridgehead atoms. The lowest BCUT2D eigenvalue weighted by atomic mass is 10.1. The van der Waals surface area contributed by atoms with E-state index in [1.165, 1.54) is 10.7 Å². The number of hydrogen-bond acceptors (Lipinski definition) is 6. The predicted octanol–water partition coefficient (Wildman–Crippen LogP) is 3.33. The van der Waals surface area contributed by atoms with Crippen molar-refractivity contribution in [1.82, 2.24) is 19.9 Å². The third-order valence-corrected chi connectivity index (χ3v) is 4.32. The Morgan fingerprint density at radius 3 is 2.39 bits per heavy atom. The molecule has 0 N–H and O–H groups in total. The fraction of sp³-hybridized carbons (Fsp3) is 0.143. The quantitative estimate of drug-likeness (QED) is 0.533. The molecule has 7 nitrogen and oxygen atoms in total. The Hall–Kier alpha value is -3.74. The largest absolute Gasteiger partial charge is 0.497 e. The Morgan fingerprint density at radius 2 is 1.68 bits per heavy atom. The zero-order valence-electron chi connectivity index (χ0n) is 15.5. The monoisotopic (exact) mass is 374 g/mol. The van der Waals surface area contributed by atoms with Crippen LogP contribution in [0.5, 0.6) is 5.75 Å². The molecule has 2 heterocycles. The van der Waals surface area contributed by atoms with E-state index in [4.69, 9.17) is 9.26 Å². The molecule has 0 unspecified atom stereocenters. The van der Waals surface area contributed by atoms with Gasteiger partial charge in [0.25, 0.3) is 5.56 Å². The van der Waals surface area contributed by atoms with Crippen LogP contribution < -0.4 is 10.3 Å². The van der Waals surface area contributed by atoms with Gasteiger partial charge in [0.05, 0.1) is 12.8 Å². The predicted molar refractivity (Wildman–Crippen MR) is 104 cm³/mol. The van der Waals surface area contributed by atoms with Crippen LogP contribution in [0.2, 0.25) is 0 Å². The van der Waals surface area contributed by atoms with Crippen LogP contribution in [0, 0.1) is 6.92 Å². The van der Waals surface area contributed by atoms with Crippen molar-refractivity contribution in [2.75, 3.05) is 7.11 Å². The van der Waals surface area contributed by atoms with Crippen molar-refractivity contribution in [3.63, 3.8) is 0 Å². The molecule has 0 atom stereocenters. The number of benzene rings is 2. The fourth-order valence-electron chi connectivity index (χ4n) is 2.75. The maximum atomic E-state index is 12.2. The molecule has 0 saturated carbocycles. The Kier molecular flexibility index (Phi) is 4.72. The first kappa shape index (κ1) is 17.7. The van der Waals surface area contributed by atoms with E-state index in [0.29, 0.717) is 17.4 Å². The lowest BCUT2D eigenvalue weighted by molar-refractivity contribution is 0.363. The first-order valence-electron chi connectivity index (χ1n) is 8.74. The molecule has 2 aromatic heterocycles. The van der Waals surface area contributed by atoms with Gasteiger partial charge in [-0.3, -0.25) is 4.79 Å². The van der Waals surface area contributed by atoms with Crippen molar-refractivity contribution >= 4 is 0 Å². The van der Waals surface area contributed by atoms with E-state index in [9.17, 15) is 4.79 Å². The molecule has 0 aliphatic heterocycles. The zero-order chi connectivity index (χ0) is 19.5. The van der Waals surface area contributed by atoms with Crippen LogP contribution >= 0.6 is 0 Å². The number of hydrogen-bond donors (Lipinski definition) is 0. The van der Waals surface area contributed by atoms with Gasteiger partial charge in [-0.05, 0) is 37.3 Å². The average Bonchev–Trinajstić information content (AvgIpc) is 3.19. The lowest BCUT2D eigenvalue weighted by Crippen LogP contribution is -2.23. The molecule has 28 heavy (non-hydrogen) atoms. The van der Waals surface area contributed by atoms with Gasteiger partial charge in [-0.1, -0.05) is 35.0 Å². The molecular formula is C21H18N4O3. The normalized spacial score (nSPS) is 10.8. The van der Waals surface area contributed by atoms with Crippen molar-refractivity contribution in [2.45, 2.75) is 13.5 Å². The molecule has 0 aliphatic carbocycles. The van der Waals surface area contributed by atoms with Crippen LogP contribution in [0.3, 0.4) is 0 Å². The first-order valence-corrected chi connectivity index (χ1v) is 8.74. The highest BCUT2D eigenvalue weighted by molar-refractivity contribution is 5.58. The van der Waals surface area contributed by atoms with E-state index in [0.717, 1.165) is 22.4 Å². The third kappa shape index (κ3) is 3.68. The van der Waals surface area contributed by atoms with Gasteiger partial charge in [0.1, 0.15) is 12.3 Å². The number of nitrogens with zero attached hydrogens (tertiary/aromatic N) is 4. The lowest BCUT2D eigenvalue weighted by Gasteiger charge is -2.05. The summed E-state index contributed by atoms with van der Waals surface area (Å²) in [6.45, 7) is 2.12. The molecule has 140 valence electrons. The molecule has 0 fully saturated rings. The van der Waals surface area contributed by atoms with Gasteiger partial charge < -0.3 is 9.26 Å². The highest BCUT2D eigenvalue weighted by Crippen LogP contribution is 2.20. The molecule has 4 aromatic rings. The fourth-order valence-corrected chi connectivity index (χ4v) is 2.75. The van der Waals surface area contributed by atoms with Gasteiger partial charge >= 0.3 is 0 Å². The van der Waals surface area contributed by atoms with Crippen molar-refractivity contribution in [3.8, 4) is 28.4 Å². The highest BCUT2D eigenvalue weighted by atomic mass is 16.5. The Labute approximate surface area is 161 Å². The molecule has 0 amide bonds. The summed E-state index contributed by atoms with van der Waals surface area (Å²) in [5.41, 5.74) is 3.36. The second kappa shape index (κ2) is 7.48. The Morgan fingerprint density at radius 1 is 0.964 bits per heavy atom. The van der Waals surface area contributed by atoms with Crippen LogP contribution in [0.25, 0.3) is 22.6 Å². The van der Waals surface area contributed by atoms with Gasteiger partial charge in [0.15, 0.2) is 0 Å². The van der Waals surface area contributed by atoms with Crippen molar-refractivity contribution < 1.29 is 9.26 Å². The van der Waals surface area contributed by atoms with E-state index in [-0.39, 0.29) is 12.1 Å².